The summed E-state index contributed by atoms with van der Waals surface area (Å²) in [6.07, 6.45) is 0.364. The van der Waals surface area contributed by atoms with E-state index in [1.807, 2.05) is 30.3 Å². The molecular weight excluding hydrogens is 312 g/mol. The fourth-order valence-corrected chi connectivity index (χ4v) is 2.74. The first-order valence-corrected chi connectivity index (χ1v) is 7.00. The summed E-state index contributed by atoms with van der Waals surface area (Å²) in [5.74, 6) is 0. The van der Waals surface area contributed by atoms with Gasteiger partial charge in [-0.15, -0.1) is 0 Å². The molecule has 0 aliphatic heterocycles. The van der Waals surface area contributed by atoms with Gasteiger partial charge in [-0.25, -0.2) is 0 Å². The Morgan fingerprint density at radius 2 is 1.83 bits per heavy atom. The van der Waals surface area contributed by atoms with Gasteiger partial charge in [0.1, 0.15) is 6.10 Å². The van der Waals surface area contributed by atoms with E-state index in [4.69, 9.17) is 11.6 Å². The summed E-state index contributed by atoms with van der Waals surface area (Å²) >= 11 is 9.32. The van der Waals surface area contributed by atoms with Gasteiger partial charge >= 0.3 is 0 Å². The lowest BCUT2D eigenvalue weighted by atomic mass is 10.00. The molecule has 0 aliphatic rings. The lowest BCUT2D eigenvalue weighted by Gasteiger charge is -2.14. The van der Waals surface area contributed by atoms with Crippen LogP contribution in [0, 0.1) is 0 Å². The lowest BCUT2D eigenvalue weighted by Crippen LogP contribution is -2.00. The molecule has 0 aromatic heterocycles. The van der Waals surface area contributed by atoms with Crippen LogP contribution in [0.3, 0.4) is 0 Å². The number of benzene rings is 2. The van der Waals surface area contributed by atoms with Gasteiger partial charge in [-0.1, -0.05) is 64.8 Å². The molecule has 2 aromatic rings. The summed E-state index contributed by atoms with van der Waals surface area (Å²) < 4.78 is 0.821. The van der Waals surface area contributed by atoms with Crippen molar-refractivity contribution in [2.45, 2.75) is 19.4 Å². The van der Waals surface area contributed by atoms with Crippen molar-refractivity contribution in [2.75, 3.05) is 0 Å². The van der Waals surface area contributed by atoms with Crippen molar-refractivity contribution in [1.29, 1.82) is 0 Å². The molecule has 0 radical (unpaired) electrons. The maximum atomic E-state index is 10.4. The first-order valence-electron chi connectivity index (χ1n) is 5.83. The minimum absolute atomic E-state index is 0.637. The third-order valence-corrected chi connectivity index (χ3v) is 3.88. The molecule has 0 spiro atoms. The molecule has 0 amide bonds. The zero-order chi connectivity index (χ0) is 13.1. The average molecular weight is 326 g/mol. The van der Waals surface area contributed by atoms with E-state index in [2.05, 4.69) is 22.9 Å². The highest BCUT2D eigenvalue weighted by Crippen LogP contribution is 2.30. The second-order valence-corrected chi connectivity index (χ2v) is 5.45. The predicted octanol–water partition coefficient (Wildman–Crippen LogP) is 4.75. The predicted molar refractivity (Wildman–Crippen MR) is 79.0 cm³/mol. The van der Waals surface area contributed by atoms with E-state index in [-0.39, 0.29) is 0 Å². The molecule has 3 heteroatoms. The van der Waals surface area contributed by atoms with E-state index in [9.17, 15) is 5.11 Å². The Balaban J connectivity index is 2.31. The summed E-state index contributed by atoms with van der Waals surface area (Å²) in [4.78, 5) is 0. The quantitative estimate of drug-likeness (QED) is 0.863. The molecule has 1 unspecified atom stereocenters. The van der Waals surface area contributed by atoms with Crippen LogP contribution in [0.15, 0.2) is 46.9 Å². The van der Waals surface area contributed by atoms with Crippen LogP contribution in [-0.2, 0) is 6.42 Å². The third-order valence-electron chi connectivity index (χ3n) is 2.96. The van der Waals surface area contributed by atoms with E-state index in [1.165, 1.54) is 5.56 Å². The molecule has 1 N–H and O–H groups in total. The highest BCUT2D eigenvalue weighted by Gasteiger charge is 2.13. The molecular formula is C15H14BrClO. The maximum Gasteiger partial charge on any atom is 0.105 e. The maximum absolute atomic E-state index is 10.4. The van der Waals surface area contributed by atoms with E-state index in [0.29, 0.717) is 5.02 Å². The molecule has 94 valence electrons. The summed E-state index contributed by atoms with van der Waals surface area (Å²) in [7, 11) is 0. The molecule has 2 aromatic carbocycles. The Morgan fingerprint density at radius 3 is 2.39 bits per heavy atom. The Labute approximate surface area is 121 Å². The largest absolute Gasteiger partial charge is 0.384 e. The zero-order valence-corrected chi connectivity index (χ0v) is 12.4. The second-order valence-electron chi connectivity index (χ2n) is 4.16. The highest BCUT2D eigenvalue weighted by molar-refractivity contribution is 9.10. The van der Waals surface area contributed by atoms with Gasteiger partial charge in [-0.05, 0) is 35.2 Å². The van der Waals surface area contributed by atoms with Gasteiger partial charge in [-0.3, -0.25) is 0 Å². The molecule has 2 rings (SSSR count). The molecule has 18 heavy (non-hydrogen) atoms. The number of rotatable bonds is 3. The fourth-order valence-electron chi connectivity index (χ4n) is 1.84. The minimum Gasteiger partial charge on any atom is -0.384 e. The van der Waals surface area contributed by atoms with E-state index < -0.39 is 6.10 Å². The van der Waals surface area contributed by atoms with Gasteiger partial charge in [0.15, 0.2) is 0 Å². The van der Waals surface area contributed by atoms with Crippen LogP contribution in [-0.4, -0.2) is 5.11 Å². The third kappa shape index (κ3) is 2.94. The van der Waals surface area contributed by atoms with Gasteiger partial charge in [-0.2, -0.15) is 0 Å². The Kier molecular flexibility index (Phi) is 4.44. The monoisotopic (exact) mass is 324 g/mol. The highest BCUT2D eigenvalue weighted by atomic mass is 79.9. The number of hydrogen-bond donors (Lipinski definition) is 1. The van der Waals surface area contributed by atoms with Crippen molar-refractivity contribution < 1.29 is 5.11 Å². The van der Waals surface area contributed by atoms with E-state index in [0.717, 1.165) is 22.0 Å². The molecule has 1 nitrogen and oxygen atoms in total. The summed E-state index contributed by atoms with van der Waals surface area (Å²) in [6.45, 7) is 2.11. The van der Waals surface area contributed by atoms with Crippen LogP contribution < -0.4 is 0 Å². The van der Waals surface area contributed by atoms with Crippen molar-refractivity contribution >= 4 is 27.5 Å². The van der Waals surface area contributed by atoms with E-state index in [1.54, 1.807) is 12.1 Å². The van der Waals surface area contributed by atoms with E-state index >= 15 is 0 Å². The summed E-state index contributed by atoms with van der Waals surface area (Å²) in [5.41, 5.74) is 2.97. The van der Waals surface area contributed by atoms with Crippen LogP contribution in [0.4, 0.5) is 0 Å². The lowest BCUT2D eigenvalue weighted by molar-refractivity contribution is 0.219. The molecule has 0 heterocycles. The number of aliphatic hydroxyl groups is 1. The molecule has 0 bridgehead atoms. The molecule has 0 saturated carbocycles. The SMILES string of the molecule is CCc1ccc(C(O)c2ccc(Cl)cc2Br)cc1. The molecule has 0 fully saturated rings. The average Bonchev–Trinajstić information content (AvgIpc) is 2.38. The Hall–Kier alpha value is -0.830. The molecule has 0 saturated heterocycles. The minimum atomic E-state index is -0.637. The van der Waals surface area contributed by atoms with Crippen LogP contribution in [0.1, 0.15) is 29.7 Å². The topological polar surface area (TPSA) is 20.2 Å². The van der Waals surface area contributed by atoms with Gasteiger partial charge < -0.3 is 5.11 Å². The number of hydrogen-bond acceptors (Lipinski definition) is 1. The number of aliphatic hydroxyl groups excluding tert-OH is 1. The fraction of sp³-hybridized carbons (Fsp3) is 0.200. The normalized spacial score (nSPS) is 12.4. The van der Waals surface area contributed by atoms with Crippen LogP contribution in [0.2, 0.25) is 5.02 Å². The van der Waals surface area contributed by atoms with Crippen molar-refractivity contribution in [1.82, 2.24) is 0 Å². The van der Waals surface area contributed by atoms with Crippen LogP contribution >= 0.6 is 27.5 Å². The molecule has 1 atom stereocenters. The van der Waals surface area contributed by atoms with Gasteiger partial charge in [0.25, 0.3) is 0 Å². The van der Waals surface area contributed by atoms with Crippen molar-refractivity contribution in [3.8, 4) is 0 Å². The van der Waals surface area contributed by atoms with Crippen molar-refractivity contribution in [2.24, 2.45) is 0 Å². The zero-order valence-electron chi connectivity index (χ0n) is 10.0. The first-order chi connectivity index (χ1) is 8.61. The Bertz CT molecular complexity index is 537. The van der Waals surface area contributed by atoms with Crippen molar-refractivity contribution in [3.05, 3.63) is 68.7 Å². The Morgan fingerprint density at radius 1 is 1.17 bits per heavy atom. The van der Waals surface area contributed by atoms with Gasteiger partial charge in [0.05, 0.1) is 0 Å². The molecule has 0 aliphatic carbocycles. The van der Waals surface area contributed by atoms with Crippen LogP contribution in [0.5, 0.6) is 0 Å². The van der Waals surface area contributed by atoms with Gasteiger partial charge in [0.2, 0.25) is 0 Å². The standard InChI is InChI=1S/C15H14BrClO/c1-2-10-3-5-11(6-4-10)15(18)13-8-7-12(17)9-14(13)16/h3-9,15,18H,2H2,1H3. The summed E-state index contributed by atoms with van der Waals surface area (Å²) in [6, 6.07) is 13.4. The smallest absolute Gasteiger partial charge is 0.105 e. The van der Waals surface area contributed by atoms with Crippen LogP contribution in [0.25, 0.3) is 0 Å². The summed E-state index contributed by atoms with van der Waals surface area (Å²) in [5, 5.41) is 11.0. The number of aryl methyl sites for hydroxylation is 1. The van der Waals surface area contributed by atoms with Gasteiger partial charge in [0, 0.05) is 9.50 Å². The second kappa shape index (κ2) is 5.87. The number of halogens is 2. The van der Waals surface area contributed by atoms with Crippen molar-refractivity contribution in [3.63, 3.8) is 0 Å². The first kappa shape index (κ1) is 13.6.